The Bertz CT molecular complexity index is 287. The van der Waals surface area contributed by atoms with Crippen molar-refractivity contribution in [2.24, 2.45) is 0 Å². The predicted molar refractivity (Wildman–Crippen MR) is 54.3 cm³/mol. The van der Waals surface area contributed by atoms with Crippen molar-refractivity contribution in [1.29, 1.82) is 0 Å². The third-order valence-corrected chi connectivity index (χ3v) is 2.20. The molecule has 0 amide bonds. The Hall–Kier alpha value is -0.820. The van der Waals surface area contributed by atoms with E-state index in [4.69, 9.17) is 0 Å². The summed E-state index contributed by atoms with van der Waals surface area (Å²) < 4.78 is 1.07. The first-order valence-corrected chi connectivity index (χ1v) is 4.11. The average Bonchev–Trinajstić information content (AvgIpc) is 2.05. The van der Waals surface area contributed by atoms with Crippen molar-refractivity contribution in [3.05, 3.63) is 47.0 Å². The van der Waals surface area contributed by atoms with E-state index < -0.39 is 0 Å². The maximum atomic E-state index is 3.70. The van der Waals surface area contributed by atoms with Gasteiger partial charge in [0.1, 0.15) is 0 Å². The Kier molecular flexibility index (Phi) is 2.66. The number of halogens is 1. The molecule has 0 spiro atoms. The lowest BCUT2D eigenvalue weighted by Crippen LogP contribution is -1.76. The highest BCUT2D eigenvalue weighted by molar-refractivity contribution is 9.10. The van der Waals surface area contributed by atoms with Gasteiger partial charge in [-0.05, 0) is 23.3 Å². The lowest BCUT2D eigenvalue weighted by Gasteiger charge is -1.98. The minimum Gasteiger partial charge on any atom is -0.0985 e. The third kappa shape index (κ3) is 1.81. The lowest BCUT2D eigenvalue weighted by molar-refractivity contribution is 1.57. The monoisotopic (exact) mass is 208 g/mol. The van der Waals surface area contributed by atoms with E-state index in [0.29, 0.717) is 0 Å². The molecule has 56 valence electrons. The standard InChI is InChI=1S/C10H9Br/c1-3-8-5-6-10(11)9(4-2)7-8/h3-7H,1-2H2. The smallest absolute Gasteiger partial charge is 0.0247 e. The van der Waals surface area contributed by atoms with Crippen LogP contribution in [0.4, 0.5) is 0 Å². The number of benzene rings is 1. The largest absolute Gasteiger partial charge is 0.0985 e. The summed E-state index contributed by atoms with van der Waals surface area (Å²) in [5.74, 6) is 0. The Morgan fingerprint density at radius 3 is 2.45 bits per heavy atom. The third-order valence-electron chi connectivity index (χ3n) is 1.48. The molecule has 0 saturated heterocycles. The van der Waals surface area contributed by atoms with E-state index in [1.165, 1.54) is 0 Å². The minimum absolute atomic E-state index is 1.07. The van der Waals surface area contributed by atoms with E-state index in [9.17, 15) is 0 Å². The fourth-order valence-corrected chi connectivity index (χ4v) is 1.25. The second-order valence-corrected chi connectivity index (χ2v) is 3.04. The van der Waals surface area contributed by atoms with Gasteiger partial charge in [-0.15, -0.1) is 0 Å². The number of hydrogen-bond acceptors (Lipinski definition) is 0. The van der Waals surface area contributed by atoms with Crippen molar-refractivity contribution in [3.63, 3.8) is 0 Å². The van der Waals surface area contributed by atoms with Gasteiger partial charge in [0.25, 0.3) is 0 Å². The molecule has 0 atom stereocenters. The van der Waals surface area contributed by atoms with Gasteiger partial charge in [0.2, 0.25) is 0 Å². The van der Waals surface area contributed by atoms with Crippen LogP contribution in [0.5, 0.6) is 0 Å². The molecule has 1 rings (SSSR count). The maximum Gasteiger partial charge on any atom is 0.0247 e. The van der Waals surface area contributed by atoms with Crippen LogP contribution >= 0.6 is 15.9 Å². The van der Waals surface area contributed by atoms with Crippen molar-refractivity contribution in [2.45, 2.75) is 0 Å². The van der Waals surface area contributed by atoms with Crippen molar-refractivity contribution in [3.8, 4) is 0 Å². The van der Waals surface area contributed by atoms with Gasteiger partial charge >= 0.3 is 0 Å². The average molecular weight is 209 g/mol. The molecule has 0 nitrogen and oxygen atoms in total. The second kappa shape index (κ2) is 3.54. The van der Waals surface area contributed by atoms with E-state index in [1.807, 2.05) is 30.4 Å². The highest BCUT2D eigenvalue weighted by Crippen LogP contribution is 2.19. The Morgan fingerprint density at radius 2 is 1.91 bits per heavy atom. The summed E-state index contributed by atoms with van der Waals surface area (Å²) in [5.41, 5.74) is 2.21. The topological polar surface area (TPSA) is 0 Å². The molecule has 0 aromatic heterocycles. The molecule has 0 aliphatic rings. The van der Waals surface area contributed by atoms with E-state index in [0.717, 1.165) is 15.6 Å². The molecule has 0 radical (unpaired) electrons. The van der Waals surface area contributed by atoms with Gasteiger partial charge in [0.05, 0.1) is 0 Å². The quantitative estimate of drug-likeness (QED) is 0.695. The van der Waals surface area contributed by atoms with E-state index in [-0.39, 0.29) is 0 Å². The Balaban J connectivity index is 3.22. The molecule has 1 aromatic carbocycles. The first kappa shape index (κ1) is 8.28. The van der Waals surface area contributed by atoms with Crippen molar-refractivity contribution >= 4 is 28.1 Å². The molecule has 1 heteroatoms. The van der Waals surface area contributed by atoms with Crippen LogP contribution in [0.25, 0.3) is 12.2 Å². The van der Waals surface area contributed by atoms with Gasteiger partial charge < -0.3 is 0 Å². The van der Waals surface area contributed by atoms with Crippen LogP contribution in [0.1, 0.15) is 11.1 Å². The van der Waals surface area contributed by atoms with Crippen LogP contribution in [0, 0.1) is 0 Å². The summed E-state index contributed by atoms with van der Waals surface area (Å²) in [6.07, 6.45) is 3.64. The predicted octanol–water partition coefficient (Wildman–Crippen LogP) is 3.74. The first-order chi connectivity index (χ1) is 5.27. The van der Waals surface area contributed by atoms with Crippen LogP contribution in [-0.4, -0.2) is 0 Å². The second-order valence-electron chi connectivity index (χ2n) is 2.19. The minimum atomic E-state index is 1.07. The molecule has 0 bridgehead atoms. The van der Waals surface area contributed by atoms with Gasteiger partial charge in [0, 0.05) is 4.47 Å². The molecule has 0 aliphatic carbocycles. The Labute approximate surface area is 75.4 Å². The molecule has 0 N–H and O–H groups in total. The van der Waals surface area contributed by atoms with Crippen LogP contribution in [-0.2, 0) is 0 Å². The molecule has 1 aromatic rings. The van der Waals surface area contributed by atoms with Crippen molar-refractivity contribution in [2.75, 3.05) is 0 Å². The lowest BCUT2D eigenvalue weighted by atomic mass is 10.1. The first-order valence-electron chi connectivity index (χ1n) is 3.32. The van der Waals surface area contributed by atoms with Gasteiger partial charge in [-0.1, -0.05) is 47.3 Å². The van der Waals surface area contributed by atoms with Gasteiger partial charge in [-0.25, -0.2) is 0 Å². The molecular formula is C10H9Br. The molecule has 0 heterocycles. The fraction of sp³-hybridized carbons (Fsp3) is 0. The van der Waals surface area contributed by atoms with Crippen LogP contribution in [0.3, 0.4) is 0 Å². The zero-order valence-electron chi connectivity index (χ0n) is 6.18. The summed E-state index contributed by atoms with van der Waals surface area (Å²) in [4.78, 5) is 0. The van der Waals surface area contributed by atoms with Gasteiger partial charge in [-0.2, -0.15) is 0 Å². The number of hydrogen-bond donors (Lipinski definition) is 0. The van der Waals surface area contributed by atoms with Crippen molar-refractivity contribution in [1.82, 2.24) is 0 Å². The van der Waals surface area contributed by atoms with Crippen LogP contribution < -0.4 is 0 Å². The summed E-state index contributed by atoms with van der Waals surface area (Å²) >= 11 is 3.41. The maximum absolute atomic E-state index is 3.70. The summed E-state index contributed by atoms with van der Waals surface area (Å²) in [7, 11) is 0. The fourth-order valence-electron chi connectivity index (χ4n) is 0.846. The SMILES string of the molecule is C=Cc1ccc(Br)c(C=C)c1. The molecule has 0 fully saturated rings. The zero-order chi connectivity index (χ0) is 8.27. The van der Waals surface area contributed by atoms with Crippen molar-refractivity contribution < 1.29 is 0 Å². The Morgan fingerprint density at radius 1 is 1.18 bits per heavy atom. The molecule has 0 saturated carbocycles. The normalized spacial score (nSPS) is 9.18. The van der Waals surface area contributed by atoms with E-state index >= 15 is 0 Å². The van der Waals surface area contributed by atoms with E-state index in [2.05, 4.69) is 29.1 Å². The highest BCUT2D eigenvalue weighted by atomic mass is 79.9. The zero-order valence-corrected chi connectivity index (χ0v) is 7.76. The summed E-state index contributed by atoms with van der Waals surface area (Å²) in [6.45, 7) is 7.39. The molecular weight excluding hydrogens is 200 g/mol. The number of rotatable bonds is 2. The molecule has 11 heavy (non-hydrogen) atoms. The van der Waals surface area contributed by atoms with E-state index in [1.54, 1.807) is 0 Å². The summed E-state index contributed by atoms with van der Waals surface area (Å²) in [5, 5.41) is 0. The molecule has 0 aliphatic heterocycles. The van der Waals surface area contributed by atoms with Gasteiger partial charge in [0.15, 0.2) is 0 Å². The van der Waals surface area contributed by atoms with Crippen LogP contribution in [0.2, 0.25) is 0 Å². The summed E-state index contributed by atoms with van der Waals surface area (Å²) in [6, 6.07) is 6.03. The molecule has 0 unspecified atom stereocenters. The van der Waals surface area contributed by atoms with Gasteiger partial charge in [-0.3, -0.25) is 0 Å². The van der Waals surface area contributed by atoms with Crippen LogP contribution in [0.15, 0.2) is 35.8 Å². The highest BCUT2D eigenvalue weighted by Gasteiger charge is 1.94.